The number of aromatic nitrogens is 3. The Labute approximate surface area is 189 Å². The van der Waals surface area contributed by atoms with E-state index < -0.39 is 10.0 Å². The molecular weight excluding hydrogens is 426 g/mol. The fourth-order valence-electron chi connectivity index (χ4n) is 3.25. The summed E-state index contributed by atoms with van der Waals surface area (Å²) in [4.78, 5) is 17.4. The molecule has 0 atom stereocenters. The van der Waals surface area contributed by atoms with E-state index in [0.29, 0.717) is 11.4 Å². The third-order valence-corrected chi connectivity index (χ3v) is 7.29. The molecule has 2 heterocycles. The van der Waals surface area contributed by atoms with Crippen LogP contribution in [-0.4, -0.2) is 46.5 Å². The number of carbonyl (C=O) groups is 1. The minimum Gasteiger partial charge on any atom is -0.348 e. The lowest BCUT2D eigenvalue weighted by Crippen LogP contribution is -2.33. The molecule has 0 saturated heterocycles. The third-order valence-electron chi connectivity index (χ3n) is 5.24. The molecule has 0 aliphatic heterocycles. The maximum Gasteiger partial charge on any atom is 0.255 e. The standard InChI is InChI=1S/C23H29N5O3S/c1-16(2)22-20(15-26-28(22)21-8-6-7-13-24-21)23(29)25-14-18-9-11-19(12-10-18)32(30,31)27(5)17(3)4/h6-13,15-17H,14H2,1-5H3,(H,25,29). The molecule has 9 heteroatoms. The molecule has 0 fully saturated rings. The zero-order valence-corrected chi connectivity index (χ0v) is 19.8. The number of pyridine rings is 1. The Morgan fingerprint density at radius 2 is 1.78 bits per heavy atom. The van der Waals surface area contributed by atoms with Crippen molar-refractivity contribution in [1.29, 1.82) is 0 Å². The molecule has 0 saturated carbocycles. The van der Waals surface area contributed by atoms with E-state index in [2.05, 4.69) is 15.4 Å². The first-order chi connectivity index (χ1) is 15.1. The highest BCUT2D eigenvalue weighted by Crippen LogP contribution is 2.22. The molecule has 1 aromatic carbocycles. The van der Waals surface area contributed by atoms with Crippen LogP contribution in [0.1, 0.15) is 55.2 Å². The van der Waals surface area contributed by atoms with Gasteiger partial charge in [-0.05, 0) is 49.6 Å². The molecule has 2 aromatic heterocycles. The monoisotopic (exact) mass is 455 g/mol. The van der Waals surface area contributed by atoms with Crippen molar-refractivity contribution in [3.63, 3.8) is 0 Å². The maximum absolute atomic E-state index is 12.9. The summed E-state index contributed by atoms with van der Waals surface area (Å²) < 4.78 is 28.2. The summed E-state index contributed by atoms with van der Waals surface area (Å²) in [5, 5.41) is 7.28. The summed E-state index contributed by atoms with van der Waals surface area (Å²) >= 11 is 0. The van der Waals surface area contributed by atoms with Gasteiger partial charge >= 0.3 is 0 Å². The van der Waals surface area contributed by atoms with Crippen LogP contribution < -0.4 is 5.32 Å². The van der Waals surface area contributed by atoms with E-state index >= 15 is 0 Å². The number of nitrogens with one attached hydrogen (secondary N) is 1. The summed E-state index contributed by atoms with van der Waals surface area (Å²) in [6.07, 6.45) is 3.24. The number of hydrogen-bond acceptors (Lipinski definition) is 5. The first kappa shape index (κ1) is 23.6. The number of amides is 1. The van der Waals surface area contributed by atoms with Crippen molar-refractivity contribution in [3.05, 3.63) is 71.7 Å². The van der Waals surface area contributed by atoms with Gasteiger partial charge in [-0.2, -0.15) is 9.40 Å². The molecule has 8 nitrogen and oxygen atoms in total. The predicted octanol–water partition coefficient (Wildman–Crippen LogP) is 3.35. The Hall–Kier alpha value is -3.04. The molecule has 0 spiro atoms. The highest BCUT2D eigenvalue weighted by atomic mass is 32.2. The maximum atomic E-state index is 12.9. The van der Waals surface area contributed by atoms with Crippen molar-refractivity contribution in [2.45, 2.75) is 51.1 Å². The molecule has 1 N–H and O–H groups in total. The zero-order valence-electron chi connectivity index (χ0n) is 19.0. The Kier molecular flexibility index (Phi) is 7.10. The van der Waals surface area contributed by atoms with Crippen LogP contribution >= 0.6 is 0 Å². The molecule has 0 radical (unpaired) electrons. The second-order valence-electron chi connectivity index (χ2n) is 8.14. The van der Waals surface area contributed by atoms with Gasteiger partial charge in [-0.25, -0.2) is 18.1 Å². The lowest BCUT2D eigenvalue weighted by Gasteiger charge is -2.21. The van der Waals surface area contributed by atoms with Gasteiger partial charge in [-0.3, -0.25) is 4.79 Å². The Bertz CT molecular complexity index is 1170. The van der Waals surface area contributed by atoms with Gasteiger partial charge in [-0.1, -0.05) is 32.0 Å². The van der Waals surface area contributed by atoms with Crippen LogP contribution in [0.5, 0.6) is 0 Å². The van der Waals surface area contributed by atoms with Crippen LogP contribution in [-0.2, 0) is 16.6 Å². The van der Waals surface area contributed by atoms with Crippen molar-refractivity contribution in [3.8, 4) is 5.82 Å². The summed E-state index contributed by atoms with van der Waals surface area (Å²) in [6, 6.07) is 11.9. The Balaban J connectivity index is 1.75. The van der Waals surface area contributed by atoms with Crippen LogP contribution in [0, 0.1) is 0 Å². The summed E-state index contributed by atoms with van der Waals surface area (Å²) in [5.41, 5.74) is 2.07. The first-order valence-electron chi connectivity index (χ1n) is 10.5. The van der Waals surface area contributed by atoms with Crippen LogP contribution in [0.2, 0.25) is 0 Å². The van der Waals surface area contributed by atoms with E-state index in [1.807, 2.05) is 45.9 Å². The molecule has 32 heavy (non-hydrogen) atoms. The topological polar surface area (TPSA) is 97.2 Å². The molecular formula is C23H29N5O3S. The largest absolute Gasteiger partial charge is 0.348 e. The number of rotatable bonds is 8. The van der Waals surface area contributed by atoms with E-state index in [9.17, 15) is 13.2 Å². The van der Waals surface area contributed by atoms with Gasteiger partial charge in [0.1, 0.15) is 0 Å². The number of sulfonamides is 1. The predicted molar refractivity (Wildman–Crippen MR) is 123 cm³/mol. The molecule has 0 bridgehead atoms. The van der Waals surface area contributed by atoms with Crippen molar-refractivity contribution < 1.29 is 13.2 Å². The van der Waals surface area contributed by atoms with Gasteiger partial charge in [0.05, 0.1) is 22.3 Å². The van der Waals surface area contributed by atoms with Crippen LogP contribution in [0.3, 0.4) is 0 Å². The molecule has 170 valence electrons. The van der Waals surface area contributed by atoms with Gasteiger partial charge < -0.3 is 5.32 Å². The zero-order chi connectivity index (χ0) is 23.5. The van der Waals surface area contributed by atoms with E-state index in [1.54, 1.807) is 48.4 Å². The van der Waals surface area contributed by atoms with Crippen LogP contribution in [0.25, 0.3) is 5.82 Å². The highest BCUT2D eigenvalue weighted by molar-refractivity contribution is 7.89. The second kappa shape index (κ2) is 9.62. The highest BCUT2D eigenvalue weighted by Gasteiger charge is 2.23. The lowest BCUT2D eigenvalue weighted by atomic mass is 10.1. The third kappa shape index (κ3) is 4.89. The normalized spacial score (nSPS) is 12.0. The summed E-state index contributed by atoms with van der Waals surface area (Å²) in [7, 11) is -1.98. The molecule has 3 rings (SSSR count). The van der Waals surface area contributed by atoms with Gasteiger partial charge in [0.15, 0.2) is 5.82 Å². The Morgan fingerprint density at radius 1 is 1.09 bits per heavy atom. The molecule has 3 aromatic rings. The quantitative estimate of drug-likeness (QED) is 0.562. The summed E-state index contributed by atoms with van der Waals surface area (Å²) in [5.74, 6) is 0.466. The SMILES string of the molecule is CC(C)c1c(C(=O)NCc2ccc(S(=O)(=O)N(C)C(C)C)cc2)cnn1-c1ccccn1. The molecule has 1 amide bonds. The average molecular weight is 456 g/mol. The fourth-order valence-corrected chi connectivity index (χ4v) is 4.62. The van der Waals surface area contributed by atoms with Crippen molar-refractivity contribution in [2.75, 3.05) is 7.05 Å². The molecule has 0 aliphatic rings. The number of carbonyl (C=O) groups excluding carboxylic acids is 1. The van der Waals surface area contributed by atoms with E-state index in [-0.39, 0.29) is 29.3 Å². The summed E-state index contributed by atoms with van der Waals surface area (Å²) in [6.45, 7) is 7.92. The second-order valence-corrected chi connectivity index (χ2v) is 10.1. The average Bonchev–Trinajstić information content (AvgIpc) is 3.23. The minimum atomic E-state index is -3.54. The first-order valence-corrected chi connectivity index (χ1v) is 11.9. The van der Waals surface area contributed by atoms with Crippen molar-refractivity contribution in [2.24, 2.45) is 0 Å². The number of nitrogens with zero attached hydrogens (tertiary/aromatic N) is 4. The van der Waals surface area contributed by atoms with Crippen LogP contribution in [0.4, 0.5) is 0 Å². The number of hydrogen-bond donors (Lipinski definition) is 1. The molecule has 0 aliphatic carbocycles. The van der Waals surface area contributed by atoms with Gasteiger partial charge in [0, 0.05) is 25.8 Å². The van der Waals surface area contributed by atoms with Crippen LogP contribution in [0.15, 0.2) is 59.8 Å². The lowest BCUT2D eigenvalue weighted by molar-refractivity contribution is 0.0949. The Morgan fingerprint density at radius 3 is 2.34 bits per heavy atom. The van der Waals surface area contributed by atoms with Gasteiger partial charge in [-0.15, -0.1) is 0 Å². The van der Waals surface area contributed by atoms with Gasteiger partial charge in [0.2, 0.25) is 10.0 Å². The minimum absolute atomic E-state index is 0.0580. The van der Waals surface area contributed by atoms with E-state index in [0.717, 1.165) is 11.3 Å². The van der Waals surface area contributed by atoms with Crippen molar-refractivity contribution >= 4 is 15.9 Å². The smallest absolute Gasteiger partial charge is 0.255 e. The van der Waals surface area contributed by atoms with E-state index in [4.69, 9.17) is 0 Å². The molecule has 0 unspecified atom stereocenters. The number of benzene rings is 1. The van der Waals surface area contributed by atoms with E-state index in [1.165, 1.54) is 4.31 Å². The van der Waals surface area contributed by atoms with Crippen molar-refractivity contribution in [1.82, 2.24) is 24.4 Å². The fraction of sp³-hybridized carbons (Fsp3) is 0.348. The van der Waals surface area contributed by atoms with Gasteiger partial charge in [0.25, 0.3) is 5.91 Å².